The van der Waals surface area contributed by atoms with Gasteiger partial charge in [0.25, 0.3) is 0 Å². The molecule has 3 heteroatoms. The van der Waals surface area contributed by atoms with Gasteiger partial charge in [-0.05, 0) is 93.1 Å². The first kappa shape index (κ1) is 21.0. The summed E-state index contributed by atoms with van der Waals surface area (Å²) in [6, 6.07) is 20.3. The molecule has 3 fully saturated rings. The highest BCUT2D eigenvalue weighted by Crippen LogP contribution is 2.50. The average molecular weight is 419 g/mol. The molecule has 3 aliphatic rings. The van der Waals surface area contributed by atoms with Crippen molar-refractivity contribution in [2.24, 2.45) is 11.8 Å². The van der Waals surface area contributed by atoms with E-state index in [9.17, 15) is 5.11 Å². The highest BCUT2D eigenvalue weighted by atomic mass is 16.3. The largest absolute Gasteiger partial charge is 0.508 e. The second-order valence-corrected chi connectivity index (χ2v) is 10.5. The van der Waals surface area contributed by atoms with Gasteiger partial charge in [-0.1, -0.05) is 49.4 Å². The summed E-state index contributed by atoms with van der Waals surface area (Å²) in [6.07, 6.45) is 8.91. The topological polar surface area (TPSA) is 35.5 Å². The maximum absolute atomic E-state index is 10.2. The molecule has 4 atom stereocenters. The number of hydrogen-bond acceptors (Lipinski definition) is 3. The van der Waals surface area contributed by atoms with Crippen LogP contribution in [0, 0.1) is 11.8 Å². The summed E-state index contributed by atoms with van der Waals surface area (Å²) < 4.78 is 0. The molecule has 0 spiro atoms. The molecule has 1 heterocycles. The van der Waals surface area contributed by atoms with Crippen LogP contribution >= 0.6 is 0 Å². The lowest BCUT2D eigenvalue weighted by atomic mass is 9.57. The molecule has 3 nitrogen and oxygen atoms in total. The van der Waals surface area contributed by atoms with E-state index < -0.39 is 0 Å². The smallest absolute Gasteiger partial charge is 0.115 e. The first-order valence-corrected chi connectivity index (χ1v) is 12.4. The van der Waals surface area contributed by atoms with Crippen molar-refractivity contribution >= 4 is 0 Å². The molecular formula is C28H38N2O. The zero-order valence-electron chi connectivity index (χ0n) is 19.0. The van der Waals surface area contributed by atoms with Gasteiger partial charge in [0.2, 0.25) is 0 Å². The van der Waals surface area contributed by atoms with Crippen LogP contribution in [-0.4, -0.2) is 41.7 Å². The van der Waals surface area contributed by atoms with Crippen LogP contribution in [0.1, 0.15) is 56.6 Å². The molecule has 166 valence electrons. The second-order valence-electron chi connectivity index (χ2n) is 10.5. The zero-order chi connectivity index (χ0) is 21.3. The lowest BCUT2D eigenvalue weighted by molar-refractivity contribution is -0.00395. The fourth-order valence-corrected chi connectivity index (χ4v) is 6.35. The predicted octanol–water partition coefficient (Wildman–Crippen LogP) is 5.14. The summed E-state index contributed by atoms with van der Waals surface area (Å²) in [5, 5.41) is 14.2. The molecular weight excluding hydrogens is 380 g/mol. The van der Waals surface area contributed by atoms with Crippen LogP contribution in [0.2, 0.25) is 0 Å². The minimum Gasteiger partial charge on any atom is -0.508 e. The number of hydrogen-bond donors (Lipinski definition) is 2. The molecule has 1 saturated heterocycles. The average Bonchev–Trinajstić information content (AvgIpc) is 3.61. The molecule has 31 heavy (non-hydrogen) atoms. The third kappa shape index (κ3) is 4.68. The van der Waals surface area contributed by atoms with Crippen LogP contribution in [0.5, 0.6) is 5.75 Å². The van der Waals surface area contributed by atoms with Gasteiger partial charge in [0.1, 0.15) is 5.75 Å². The Morgan fingerprint density at radius 2 is 1.90 bits per heavy atom. The highest BCUT2D eigenvalue weighted by molar-refractivity contribution is 5.36. The maximum atomic E-state index is 10.2. The van der Waals surface area contributed by atoms with Crippen LogP contribution in [0.15, 0.2) is 54.6 Å². The van der Waals surface area contributed by atoms with Gasteiger partial charge in [-0.25, -0.2) is 0 Å². The third-order valence-electron chi connectivity index (χ3n) is 8.30. The number of rotatable bonds is 8. The predicted molar refractivity (Wildman–Crippen MR) is 127 cm³/mol. The third-order valence-corrected chi connectivity index (χ3v) is 8.30. The number of nitrogens with zero attached hydrogens (tertiary/aromatic N) is 1. The summed E-state index contributed by atoms with van der Waals surface area (Å²) in [7, 11) is 0. The van der Waals surface area contributed by atoms with Gasteiger partial charge in [0, 0.05) is 24.0 Å². The Morgan fingerprint density at radius 3 is 2.68 bits per heavy atom. The molecule has 0 amide bonds. The lowest BCUT2D eigenvalue weighted by Crippen LogP contribution is -2.61. The van der Waals surface area contributed by atoms with Crippen LogP contribution in [0.3, 0.4) is 0 Å². The van der Waals surface area contributed by atoms with Gasteiger partial charge in [-0.15, -0.1) is 0 Å². The number of fused-ring (bicyclic) bond motifs is 2. The number of likely N-dealkylation sites (tertiary alicyclic amines) is 1. The number of aromatic hydroxyl groups is 1. The van der Waals surface area contributed by atoms with Gasteiger partial charge >= 0.3 is 0 Å². The Kier molecular flexibility index (Phi) is 6.08. The minimum absolute atomic E-state index is 0.179. The van der Waals surface area contributed by atoms with E-state index in [1.54, 1.807) is 0 Å². The number of aryl methyl sites for hydroxylation is 1. The van der Waals surface area contributed by atoms with Gasteiger partial charge in [0.15, 0.2) is 0 Å². The first-order chi connectivity index (χ1) is 15.1. The number of nitrogens with one attached hydrogen (secondary N) is 1. The summed E-state index contributed by atoms with van der Waals surface area (Å²) in [4.78, 5) is 2.79. The van der Waals surface area contributed by atoms with Gasteiger partial charge in [0.05, 0.1) is 0 Å². The molecule has 2 saturated carbocycles. The maximum Gasteiger partial charge on any atom is 0.115 e. The van der Waals surface area contributed by atoms with E-state index in [-0.39, 0.29) is 5.41 Å². The molecule has 2 bridgehead atoms. The summed E-state index contributed by atoms with van der Waals surface area (Å²) in [5.41, 5.74) is 2.99. The summed E-state index contributed by atoms with van der Waals surface area (Å²) >= 11 is 0. The molecule has 0 radical (unpaired) electrons. The van der Waals surface area contributed by atoms with Gasteiger partial charge < -0.3 is 10.4 Å². The van der Waals surface area contributed by atoms with E-state index in [0.29, 0.717) is 23.8 Å². The van der Waals surface area contributed by atoms with Gasteiger partial charge in [-0.2, -0.15) is 0 Å². The van der Waals surface area contributed by atoms with E-state index in [1.165, 1.54) is 75.7 Å². The SMILES string of the molecule is C[C@@H]1CN(CCCc2ccccc2)[C@H]2C[C@H](NCC3CC3)C[C@]1(c1cccc(O)c1)C2. The Hall–Kier alpha value is -1.84. The quantitative estimate of drug-likeness (QED) is 0.623. The second kappa shape index (κ2) is 8.96. The molecule has 5 rings (SSSR count). The van der Waals surface area contributed by atoms with E-state index in [2.05, 4.69) is 53.5 Å². The van der Waals surface area contributed by atoms with Crippen LogP contribution in [0.4, 0.5) is 0 Å². The Bertz CT molecular complexity index is 864. The molecule has 1 aliphatic heterocycles. The normalized spacial score (nSPS) is 30.9. The fourth-order valence-electron chi connectivity index (χ4n) is 6.35. The molecule has 2 aliphatic carbocycles. The van der Waals surface area contributed by atoms with E-state index in [4.69, 9.17) is 0 Å². The van der Waals surface area contributed by atoms with Crippen LogP contribution < -0.4 is 5.32 Å². The molecule has 2 N–H and O–H groups in total. The van der Waals surface area contributed by atoms with E-state index >= 15 is 0 Å². The summed E-state index contributed by atoms with van der Waals surface area (Å²) in [6.45, 7) is 6.00. The van der Waals surface area contributed by atoms with Crippen molar-refractivity contribution in [2.45, 2.75) is 69.4 Å². The van der Waals surface area contributed by atoms with Crippen molar-refractivity contribution < 1.29 is 5.11 Å². The Labute approximate surface area is 187 Å². The molecule has 0 aromatic heterocycles. The van der Waals surface area contributed by atoms with Crippen LogP contribution in [-0.2, 0) is 11.8 Å². The van der Waals surface area contributed by atoms with E-state index in [1.807, 2.05) is 18.2 Å². The molecule has 2 aromatic carbocycles. The summed E-state index contributed by atoms with van der Waals surface area (Å²) in [5.74, 6) is 1.92. The van der Waals surface area contributed by atoms with Crippen molar-refractivity contribution in [1.29, 1.82) is 0 Å². The standard InChI is InChI=1S/C28H38N2O/c1-21-20-30(14-6-9-22-7-3-2-4-8-22)26-16-25(29-19-23-12-13-23)17-28(21,18-26)24-10-5-11-27(31)15-24/h2-5,7-8,10-11,15,21,23,25-26,29,31H,6,9,12-14,16-20H2,1H3/t21-,25+,26+,28+/m1/s1. The van der Waals surface area contributed by atoms with Crippen molar-refractivity contribution in [2.75, 3.05) is 19.6 Å². The number of piperidine rings is 1. The number of phenolic OH excluding ortho intramolecular Hbond substituents is 1. The highest BCUT2D eigenvalue weighted by Gasteiger charge is 2.50. The number of benzene rings is 2. The molecule has 0 unspecified atom stereocenters. The minimum atomic E-state index is 0.179. The van der Waals surface area contributed by atoms with Crippen molar-refractivity contribution in [3.8, 4) is 5.75 Å². The lowest BCUT2D eigenvalue weighted by Gasteiger charge is -2.57. The van der Waals surface area contributed by atoms with Crippen molar-refractivity contribution in [1.82, 2.24) is 10.2 Å². The van der Waals surface area contributed by atoms with Crippen molar-refractivity contribution in [3.05, 3.63) is 65.7 Å². The Balaban J connectivity index is 1.32. The number of phenols is 1. The zero-order valence-corrected chi connectivity index (χ0v) is 19.0. The molecule has 2 aromatic rings. The Morgan fingerprint density at radius 1 is 1.06 bits per heavy atom. The van der Waals surface area contributed by atoms with E-state index in [0.717, 1.165) is 5.92 Å². The fraction of sp³-hybridized carbons (Fsp3) is 0.571. The van der Waals surface area contributed by atoms with Crippen molar-refractivity contribution in [3.63, 3.8) is 0 Å². The van der Waals surface area contributed by atoms with Gasteiger partial charge in [-0.3, -0.25) is 4.90 Å². The van der Waals surface area contributed by atoms with Crippen LogP contribution in [0.25, 0.3) is 0 Å². The first-order valence-electron chi connectivity index (χ1n) is 12.4. The monoisotopic (exact) mass is 418 g/mol.